The van der Waals surface area contributed by atoms with E-state index >= 15 is 0 Å². The van der Waals surface area contributed by atoms with Crippen LogP contribution in [-0.2, 0) is 6.54 Å². The van der Waals surface area contributed by atoms with Crippen molar-refractivity contribution in [1.82, 2.24) is 15.2 Å². The number of aryl methyl sites for hydroxylation is 2. The molecule has 0 unspecified atom stereocenters. The van der Waals surface area contributed by atoms with E-state index in [1.807, 2.05) is 32.0 Å². The van der Waals surface area contributed by atoms with Gasteiger partial charge in [-0.15, -0.1) is 5.10 Å². The van der Waals surface area contributed by atoms with Crippen molar-refractivity contribution in [2.45, 2.75) is 20.4 Å². The molecule has 0 atom stereocenters. The minimum Gasteiger partial charge on any atom is -0.349 e. The Hall–Kier alpha value is -1.49. The second-order valence-corrected chi connectivity index (χ2v) is 4.71. The molecule has 0 fully saturated rings. The number of hydrogen-bond acceptors (Lipinski definition) is 4. The van der Waals surface area contributed by atoms with Gasteiger partial charge in [0.1, 0.15) is 0 Å². The number of rotatable bonds is 3. The molecule has 2 rings (SSSR count). The van der Waals surface area contributed by atoms with Gasteiger partial charge in [-0.1, -0.05) is 28.1 Å². The van der Waals surface area contributed by atoms with Crippen LogP contribution in [0.15, 0.2) is 28.7 Å². The molecule has 2 aromatic rings. The first-order valence-corrected chi connectivity index (χ1v) is 6.10. The van der Waals surface area contributed by atoms with Gasteiger partial charge in [-0.3, -0.25) is 0 Å². The largest absolute Gasteiger partial charge is 0.349 e. The van der Waals surface area contributed by atoms with Gasteiger partial charge in [0, 0.05) is 11.0 Å². The van der Waals surface area contributed by atoms with Crippen molar-refractivity contribution in [2.75, 3.05) is 5.32 Å². The van der Waals surface area contributed by atoms with E-state index in [1.165, 1.54) is 5.56 Å². The van der Waals surface area contributed by atoms with Crippen LogP contribution in [0, 0.1) is 13.8 Å². The van der Waals surface area contributed by atoms with E-state index in [0.29, 0.717) is 12.5 Å². The Morgan fingerprint density at radius 1 is 1.18 bits per heavy atom. The number of benzene rings is 1. The molecule has 0 spiro atoms. The molecule has 0 saturated carbocycles. The van der Waals surface area contributed by atoms with Crippen LogP contribution in [0.5, 0.6) is 0 Å². The molecule has 4 nitrogen and oxygen atoms in total. The van der Waals surface area contributed by atoms with Crippen molar-refractivity contribution in [2.24, 2.45) is 0 Å². The number of hydrogen-bond donors (Lipinski definition) is 1. The van der Waals surface area contributed by atoms with Crippen LogP contribution in [-0.4, -0.2) is 15.2 Å². The van der Waals surface area contributed by atoms with Gasteiger partial charge >= 0.3 is 0 Å². The first kappa shape index (κ1) is 12.0. The van der Waals surface area contributed by atoms with Crippen molar-refractivity contribution in [3.05, 3.63) is 45.7 Å². The maximum absolute atomic E-state index is 4.31. The number of nitrogens with zero attached hydrogens (tertiary/aromatic N) is 3. The molecular weight excluding hydrogens is 280 g/mol. The summed E-state index contributed by atoms with van der Waals surface area (Å²) in [6.45, 7) is 4.51. The molecule has 17 heavy (non-hydrogen) atoms. The Morgan fingerprint density at radius 2 is 2.00 bits per heavy atom. The average molecular weight is 293 g/mol. The Morgan fingerprint density at radius 3 is 2.71 bits per heavy atom. The second kappa shape index (κ2) is 5.23. The summed E-state index contributed by atoms with van der Waals surface area (Å²) in [5.41, 5.74) is 2.93. The summed E-state index contributed by atoms with van der Waals surface area (Å²) in [5, 5.41) is 11.2. The van der Waals surface area contributed by atoms with Crippen molar-refractivity contribution >= 4 is 21.9 Å². The second-order valence-electron chi connectivity index (χ2n) is 3.79. The van der Waals surface area contributed by atoms with Crippen molar-refractivity contribution in [3.63, 3.8) is 0 Å². The van der Waals surface area contributed by atoms with Gasteiger partial charge < -0.3 is 5.32 Å². The zero-order valence-electron chi connectivity index (χ0n) is 9.74. The first-order valence-electron chi connectivity index (χ1n) is 5.31. The number of nitrogens with one attached hydrogen (secondary N) is 1. The normalized spacial score (nSPS) is 10.3. The maximum Gasteiger partial charge on any atom is 0.243 e. The molecule has 88 valence electrons. The molecule has 1 aromatic heterocycles. The Labute approximate surface area is 109 Å². The van der Waals surface area contributed by atoms with Gasteiger partial charge in [0.05, 0.1) is 11.4 Å². The van der Waals surface area contributed by atoms with Crippen LogP contribution in [0.3, 0.4) is 0 Å². The molecule has 1 N–H and O–H groups in total. The summed E-state index contributed by atoms with van der Waals surface area (Å²) in [4.78, 5) is 4.31. The quantitative estimate of drug-likeness (QED) is 0.945. The number of halogens is 1. The van der Waals surface area contributed by atoms with Crippen molar-refractivity contribution in [3.8, 4) is 0 Å². The predicted octanol–water partition coefficient (Wildman–Crippen LogP) is 2.86. The summed E-state index contributed by atoms with van der Waals surface area (Å²) in [6.07, 6.45) is 0. The van der Waals surface area contributed by atoms with E-state index in [0.717, 1.165) is 15.9 Å². The minimum atomic E-state index is 0.563. The summed E-state index contributed by atoms with van der Waals surface area (Å²) >= 11 is 3.44. The molecule has 1 heterocycles. The van der Waals surface area contributed by atoms with Gasteiger partial charge in [-0.05, 0) is 31.5 Å². The van der Waals surface area contributed by atoms with Gasteiger partial charge in [0.2, 0.25) is 5.95 Å². The summed E-state index contributed by atoms with van der Waals surface area (Å²) < 4.78 is 1.07. The van der Waals surface area contributed by atoms with E-state index in [-0.39, 0.29) is 0 Å². The van der Waals surface area contributed by atoms with E-state index in [9.17, 15) is 0 Å². The Bertz CT molecular complexity index is 528. The van der Waals surface area contributed by atoms with E-state index < -0.39 is 0 Å². The van der Waals surface area contributed by atoms with Crippen LogP contribution in [0.2, 0.25) is 0 Å². The molecule has 0 radical (unpaired) electrons. The monoisotopic (exact) mass is 292 g/mol. The predicted molar refractivity (Wildman–Crippen MR) is 70.8 cm³/mol. The minimum absolute atomic E-state index is 0.563. The molecule has 5 heteroatoms. The zero-order chi connectivity index (χ0) is 12.3. The lowest BCUT2D eigenvalue weighted by molar-refractivity contribution is 0.885. The van der Waals surface area contributed by atoms with Crippen LogP contribution < -0.4 is 5.32 Å². The fraction of sp³-hybridized carbons (Fsp3) is 0.250. The van der Waals surface area contributed by atoms with Crippen LogP contribution in [0.1, 0.15) is 17.0 Å². The van der Waals surface area contributed by atoms with Gasteiger partial charge in [-0.2, -0.15) is 5.10 Å². The number of aromatic nitrogens is 3. The molecule has 0 aliphatic rings. The van der Waals surface area contributed by atoms with Crippen molar-refractivity contribution < 1.29 is 0 Å². The summed E-state index contributed by atoms with van der Waals surface area (Å²) in [7, 11) is 0. The fourth-order valence-corrected chi connectivity index (χ4v) is 1.81. The van der Waals surface area contributed by atoms with E-state index in [4.69, 9.17) is 0 Å². The van der Waals surface area contributed by atoms with Gasteiger partial charge in [0.15, 0.2) is 0 Å². The smallest absolute Gasteiger partial charge is 0.243 e. The van der Waals surface area contributed by atoms with Crippen LogP contribution in [0.4, 0.5) is 5.95 Å². The molecule has 0 aliphatic carbocycles. The van der Waals surface area contributed by atoms with Gasteiger partial charge in [-0.25, -0.2) is 4.98 Å². The average Bonchev–Trinajstić information content (AvgIpc) is 2.31. The SMILES string of the molecule is Cc1nnc(NCc2cccc(Br)c2)nc1C. The van der Waals surface area contributed by atoms with Gasteiger partial charge in [0.25, 0.3) is 0 Å². The summed E-state index contributed by atoms with van der Waals surface area (Å²) in [5.74, 6) is 0.563. The molecule has 0 bridgehead atoms. The zero-order valence-corrected chi connectivity index (χ0v) is 11.3. The number of anilines is 1. The summed E-state index contributed by atoms with van der Waals surface area (Å²) in [6, 6.07) is 8.10. The highest BCUT2D eigenvalue weighted by Crippen LogP contribution is 2.12. The third-order valence-electron chi connectivity index (χ3n) is 2.43. The third kappa shape index (κ3) is 3.23. The Balaban J connectivity index is 2.05. The molecule has 0 aliphatic heterocycles. The highest BCUT2D eigenvalue weighted by atomic mass is 79.9. The lowest BCUT2D eigenvalue weighted by Crippen LogP contribution is -2.06. The van der Waals surface area contributed by atoms with E-state index in [2.05, 4.69) is 42.5 Å². The standard InChI is InChI=1S/C12H13BrN4/c1-8-9(2)16-17-12(15-8)14-7-10-4-3-5-11(13)6-10/h3-6H,7H2,1-2H3,(H,14,15,17). The maximum atomic E-state index is 4.31. The fourth-order valence-electron chi connectivity index (χ4n) is 1.36. The lowest BCUT2D eigenvalue weighted by Gasteiger charge is -2.06. The van der Waals surface area contributed by atoms with Crippen LogP contribution >= 0.6 is 15.9 Å². The molecule has 0 saturated heterocycles. The molecular formula is C12H13BrN4. The Kier molecular flexibility index (Phi) is 3.68. The highest BCUT2D eigenvalue weighted by molar-refractivity contribution is 9.10. The molecule has 0 amide bonds. The molecule has 1 aromatic carbocycles. The topological polar surface area (TPSA) is 50.7 Å². The van der Waals surface area contributed by atoms with Crippen molar-refractivity contribution in [1.29, 1.82) is 0 Å². The lowest BCUT2D eigenvalue weighted by atomic mass is 10.2. The highest BCUT2D eigenvalue weighted by Gasteiger charge is 2.01. The third-order valence-corrected chi connectivity index (χ3v) is 2.92. The van der Waals surface area contributed by atoms with E-state index in [1.54, 1.807) is 0 Å². The van der Waals surface area contributed by atoms with Crippen LogP contribution in [0.25, 0.3) is 0 Å². The first-order chi connectivity index (χ1) is 8.15.